The molecule has 1 saturated carbocycles. The maximum atomic E-state index is 12.9. The van der Waals surface area contributed by atoms with E-state index in [2.05, 4.69) is 5.16 Å². The van der Waals surface area contributed by atoms with Crippen molar-refractivity contribution in [3.63, 3.8) is 0 Å². The Balaban J connectivity index is 2.05. The Hall–Kier alpha value is -1.46. The van der Waals surface area contributed by atoms with E-state index in [9.17, 15) is 4.79 Å². The number of ether oxygens (including phenoxy) is 1. The third-order valence-electron chi connectivity index (χ3n) is 3.73. The van der Waals surface area contributed by atoms with Gasteiger partial charge in [0.15, 0.2) is 5.76 Å². The molecule has 6 heteroatoms. The molecule has 116 valence electrons. The molecule has 0 unspecified atom stereocenters. The largest absolute Gasteiger partial charge is 0.496 e. The molecule has 0 aliphatic heterocycles. The van der Waals surface area contributed by atoms with Crippen LogP contribution in [0.1, 0.15) is 46.0 Å². The van der Waals surface area contributed by atoms with Gasteiger partial charge in [0.2, 0.25) is 5.78 Å². The second kappa shape index (κ2) is 6.34. The lowest BCUT2D eigenvalue weighted by atomic mass is 9.99. The topological polar surface area (TPSA) is 52.3 Å². The standard InChI is InChI=1S/C16H16ClNO3S/c1-20-16-10(5-6-13(17)12(16)8-22-2)14(19)11-7-18-21-15(11)9-3-4-9/h5-7,9H,3-4,8H2,1-2H3. The van der Waals surface area contributed by atoms with Crippen LogP contribution in [0.2, 0.25) is 5.02 Å². The molecule has 3 rings (SSSR count). The molecule has 0 bridgehead atoms. The molecule has 0 amide bonds. The molecule has 0 N–H and O–H groups in total. The van der Waals surface area contributed by atoms with Crippen molar-refractivity contribution in [3.8, 4) is 5.75 Å². The summed E-state index contributed by atoms with van der Waals surface area (Å²) < 4.78 is 10.7. The Kier molecular flexibility index (Phi) is 4.45. The molecular formula is C16H16ClNO3S. The van der Waals surface area contributed by atoms with E-state index >= 15 is 0 Å². The molecule has 2 aromatic rings. The summed E-state index contributed by atoms with van der Waals surface area (Å²) in [5.41, 5.74) is 1.87. The monoisotopic (exact) mass is 337 g/mol. The highest BCUT2D eigenvalue weighted by Gasteiger charge is 2.33. The second-order valence-electron chi connectivity index (χ2n) is 5.25. The molecule has 1 fully saturated rings. The van der Waals surface area contributed by atoms with Gasteiger partial charge in [-0.25, -0.2) is 0 Å². The summed E-state index contributed by atoms with van der Waals surface area (Å²) in [6, 6.07) is 3.45. The van der Waals surface area contributed by atoms with Gasteiger partial charge in [-0.15, -0.1) is 0 Å². The molecule has 22 heavy (non-hydrogen) atoms. The zero-order valence-electron chi connectivity index (χ0n) is 12.4. The minimum atomic E-state index is -0.126. The first-order valence-corrected chi connectivity index (χ1v) is 8.78. The van der Waals surface area contributed by atoms with E-state index in [-0.39, 0.29) is 5.78 Å². The van der Waals surface area contributed by atoms with Crippen LogP contribution in [0.15, 0.2) is 22.9 Å². The molecule has 0 atom stereocenters. The fourth-order valence-corrected chi connectivity index (χ4v) is 3.37. The average molecular weight is 338 g/mol. The van der Waals surface area contributed by atoms with Crippen molar-refractivity contribution in [2.45, 2.75) is 24.5 Å². The molecule has 4 nitrogen and oxygen atoms in total. The summed E-state index contributed by atoms with van der Waals surface area (Å²) >= 11 is 7.87. The van der Waals surface area contributed by atoms with E-state index in [1.54, 1.807) is 31.0 Å². The molecule has 1 aliphatic carbocycles. The number of hydrogen-bond acceptors (Lipinski definition) is 5. The smallest absolute Gasteiger partial charge is 0.201 e. The number of benzene rings is 1. The first-order chi connectivity index (χ1) is 10.7. The Morgan fingerprint density at radius 2 is 2.23 bits per heavy atom. The predicted octanol–water partition coefficient (Wildman–Crippen LogP) is 4.31. The van der Waals surface area contributed by atoms with Crippen LogP contribution < -0.4 is 4.74 Å². The number of thioether (sulfide) groups is 1. The van der Waals surface area contributed by atoms with Crippen LogP contribution in [0.4, 0.5) is 0 Å². The zero-order chi connectivity index (χ0) is 15.7. The molecule has 1 aromatic heterocycles. The van der Waals surface area contributed by atoms with Gasteiger partial charge in [-0.05, 0) is 31.2 Å². The summed E-state index contributed by atoms with van der Waals surface area (Å²) in [4.78, 5) is 12.9. The number of ketones is 1. The summed E-state index contributed by atoms with van der Waals surface area (Å²) in [6.45, 7) is 0. The third-order valence-corrected chi connectivity index (χ3v) is 4.66. The van der Waals surface area contributed by atoms with Gasteiger partial charge >= 0.3 is 0 Å². The van der Waals surface area contributed by atoms with Crippen LogP contribution >= 0.6 is 23.4 Å². The van der Waals surface area contributed by atoms with E-state index in [4.69, 9.17) is 20.9 Å². The van der Waals surface area contributed by atoms with E-state index < -0.39 is 0 Å². The lowest BCUT2D eigenvalue weighted by Gasteiger charge is -2.13. The molecular weight excluding hydrogens is 322 g/mol. The SMILES string of the molecule is COc1c(C(=O)c2cnoc2C2CC2)ccc(Cl)c1CSC. The van der Waals surface area contributed by atoms with Crippen LogP contribution in [0.25, 0.3) is 0 Å². The van der Waals surface area contributed by atoms with Gasteiger partial charge in [-0.3, -0.25) is 4.79 Å². The predicted molar refractivity (Wildman–Crippen MR) is 87.1 cm³/mol. The van der Waals surface area contributed by atoms with Gasteiger partial charge in [0.1, 0.15) is 5.75 Å². The summed E-state index contributed by atoms with van der Waals surface area (Å²) in [6.07, 6.45) is 5.57. The number of carbonyl (C=O) groups is 1. The van der Waals surface area contributed by atoms with Gasteiger partial charge in [-0.1, -0.05) is 16.8 Å². The molecule has 0 radical (unpaired) electrons. The fraction of sp³-hybridized carbons (Fsp3) is 0.375. The Bertz CT molecular complexity index is 709. The lowest BCUT2D eigenvalue weighted by Crippen LogP contribution is -2.07. The molecule has 0 saturated heterocycles. The van der Waals surface area contributed by atoms with Gasteiger partial charge in [-0.2, -0.15) is 11.8 Å². The highest BCUT2D eigenvalue weighted by molar-refractivity contribution is 7.97. The maximum absolute atomic E-state index is 12.9. The minimum Gasteiger partial charge on any atom is -0.496 e. The van der Waals surface area contributed by atoms with Crippen LogP contribution in [0, 0.1) is 0 Å². The number of hydrogen-bond donors (Lipinski definition) is 0. The quantitative estimate of drug-likeness (QED) is 0.735. The highest BCUT2D eigenvalue weighted by Crippen LogP contribution is 2.43. The molecule has 0 spiro atoms. The number of rotatable bonds is 6. The van der Waals surface area contributed by atoms with Crippen molar-refractivity contribution < 1.29 is 14.1 Å². The van der Waals surface area contributed by atoms with Gasteiger partial charge < -0.3 is 9.26 Å². The van der Waals surface area contributed by atoms with Gasteiger partial charge in [0, 0.05) is 22.3 Å². The molecule has 1 aliphatic rings. The average Bonchev–Trinajstić information content (AvgIpc) is 3.25. The molecule has 1 aromatic carbocycles. The molecule has 1 heterocycles. The van der Waals surface area contributed by atoms with Crippen molar-refractivity contribution >= 4 is 29.1 Å². The first kappa shape index (κ1) is 15.4. The number of methoxy groups -OCH3 is 1. The van der Waals surface area contributed by atoms with Gasteiger partial charge in [0.25, 0.3) is 0 Å². The number of carbonyl (C=O) groups excluding carboxylic acids is 1. The normalized spacial score (nSPS) is 14.1. The number of aromatic nitrogens is 1. The van der Waals surface area contributed by atoms with E-state index in [0.717, 1.165) is 18.4 Å². The van der Waals surface area contributed by atoms with Crippen LogP contribution in [0.3, 0.4) is 0 Å². The summed E-state index contributed by atoms with van der Waals surface area (Å²) in [5, 5.41) is 4.40. The van der Waals surface area contributed by atoms with Crippen molar-refractivity contribution in [3.05, 3.63) is 45.8 Å². The van der Waals surface area contributed by atoms with E-state index in [1.165, 1.54) is 6.20 Å². The maximum Gasteiger partial charge on any atom is 0.201 e. The third kappa shape index (κ3) is 2.75. The Labute approximate surface area is 138 Å². The van der Waals surface area contributed by atoms with Crippen molar-refractivity contribution in [1.82, 2.24) is 5.16 Å². The van der Waals surface area contributed by atoms with Crippen molar-refractivity contribution in [2.75, 3.05) is 13.4 Å². The first-order valence-electron chi connectivity index (χ1n) is 7.01. The summed E-state index contributed by atoms with van der Waals surface area (Å²) in [7, 11) is 1.56. The van der Waals surface area contributed by atoms with E-state index in [1.807, 2.05) is 6.26 Å². The minimum absolute atomic E-state index is 0.126. The van der Waals surface area contributed by atoms with Gasteiger partial charge in [0.05, 0.1) is 24.4 Å². The fourth-order valence-electron chi connectivity index (χ4n) is 2.50. The van der Waals surface area contributed by atoms with Crippen molar-refractivity contribution in [1.29, 1.82) is 0 Å². The summed E-state index contributed by atoms with van der Waals surface area (Å²) in [5.74, 6) is 2.11. The second-order valence-corrected chi connectivity index (χ2v) is 6.52. The Morgan fingerprint density at radius 3 is 2.86 bits per heavy atom. The number of halogens is 1. The van der Waals surface area contributed by atoms with Crippen LogP contribution in [-0.4, -0.2) is 24.3 Å². The zero-order valence-corrected chi connectivity index (χ0v) is 14.0. The van der Waals surface area contributed by atoms with Crippen LogP contribution in [0.5, 0.6) is 5.75 Å². The van der Waals surface area contributed by atoms with E-state index in [0.29, 0.717) is 39.3 Å². The Morgan fingerprint density at radius 1 is 1.45 bits per heavy atom. The number of nitrogens with zero attached hydrogens (tertiary/aromatic N) is 1. The van der Waals surface area contributed by atoms with Crippen molar-refractivity contribution in [2.24, 2.45) is 0 Å². The lowest BCUT2D eigenvalue weighted by molar-refractivity contribution is 0.103. The highest BCUT2D eigenvalue weighted by atomic mass is 35.5. The van der Waals surface area contributed by atoms with Crippen LogP contribution in [-0.2, 0) is 5.75 Å².